The molecular formula is C46H29N3S. The molecule has 50 heavy (non-hydrogen) atoms. The first-order valence-corrected chi connectivity index (χ1v) is 17.6. The molecule has 7 aromatic carbocycles. The van der Waals surface area contributed by atoms with Crippen molar-refractivity contribution in [1.29, 1.82) is 0 Å². The summed E-state index contributed by atoms with van der Waals surface area (Å²) in [6.07, 6.45) is 0. The van der Waals surface area contributed by atoms with Crippen LogP contribution >= 0.6 is 11.3 Å². The van der Waals surface area contributed by atoms with Gasteiger partial charge in [-0.3, -0.25) is 0 Å². The number of benzene rings is 7. The average Bonchev–Trinajstić information content (AvgIpc) is 3.74. The molecule has 3 aromatic heterocycles. The van der Waals surface area contributed by atoms with Crippen molar-refractivity contribution in [2.75, 3.05) is 0 Å². The first kappa shape index (κ1) is 28.6. The van der Waals surface area contributed by atoms with Gasteiger partial charge in [-0.1, -0.05) is 127 Å². The van der Waals surface area contributed by atoms with E-state index < -0.39 is 0 Å². The highest BCUT2D eigenvalue weighted by atomic mass is 32.1. The third kappa shape index (κ3) is 4.73. The van der Waals surface area contributed by atoms with E-state index in [-0.39, 0.29) is 0 Å². The van der Waals surface area contributed by atoms with Crippen molar-refractivity contribution in [3.05, 3.63) is 176 Å². The predicted molar refractivity (Wildman–Crippen MR) is 211 cm³/mol. The van der Waals surface area contributed by atoms with Crippen molar-refractivity contribution in [1.82, 2.24) is 14.5 Å². The van der Waals surface area contributed by atoms with Gasteiger partial charge >= 0.3 is 0 Å². The Hall–Kier alpha value is -6.36. The number of rotatable bonds is 5. The maximum Gasteiger partial charge on any atom is 0.161 e. The molecule has 0 aliphatic heterocycles. The van der Waals surface area contributed by atoms with Gasteiger partial charge in [0.2, 0.25) is 0 Å². The Bertz CT molecular complexity index is 2870. The molecule has 0 saturated carbocycles. The average molecular weight is 656 g/mol. The van der Waals surface area contributed by atoms with Gasteiger partial charge in [0.15, 0.2) is 5.82 Å². The second-order valence-corrected chi connectivity index (χ2v) is 13.7. The number of aromatic nitrogens is 3. The number of hydrogen-bond donors (Lipinski definition) is 0. The molecule has 0 aliphatic rings. The number of nitrogens with zero attached hydrogens (tertiary/aromatic N) is 3. The minimum atomic E-state index is 0.725. The van der Waals surface area contributed by atoms with Gasteiger partial charge in [-0.15, -0.1) is 11.3 Å². The Morgan fingerprint density at radius 2 is 1.02 bits per heavy atom. The fourth-order valence-corrected chi connectivity index (χ4v) is 8.47. The standard InChI is InChI=1S/C46H29N3S/c1-3-13-30(14-4-1)31-15-11-16-32(27-31)40-29-41(48-46(47-40)39-22-12-21-38-37-20-8-10-24-44(37)50-45(38)39)33-25-26-36-35-19-7-9-23-42(35)49(43(36)28-33)34-17-5-2-6-18-34/h1-29H. The minimum Gasteiger partial charge on any atom is -0.309 e. The SMILES string of the molecule is c1ccc(-c2cccc(-c3cc(-c4ccc5c6ccccc6n(-c6ccccc6)c5c4)nc(-c4cccc5c4sc4ccccc45)n3)c2)cc1. The van der Waals surface area contributed by atoms with Gasteiger partial charge in [0.25, 0.3) is 0 Å². The van der Waals surface area contributed by atoms with E-state index in [1.807, 2.05) is 0 Å². The van der Waals surface area contributed by atoms with Crippen molar-refractivity contribution in [3.63, 3.8) is 0 Å². The summed E-state index contributed by atoms with van der Waals surface area (Å²) in [7, 11) is 0. The van der Waals surface area contributed by atoms with Gasteiger partial charge in [0.1, 0.15) is 0 Å². The normalized spacial score (nSPS) is 11.6. The molecule has 0 fully saturated rings. The lowest BCUT2D eigenvalue weighted by molar-refractivity contribution is 1.17. The zero-order valence-electron chi connectivity index (χ0n) is 27.0. The molecule has 10 aromatic rings. The quantitative estimate of drug-likeness (QED) is 0.185. The van der Waals surface area contributed by atoms with Crippen LogP contribution in [0.3, 0.4) is 0 Å². The molecule has 0 saturated heterocycles. The Balaban J connectivity index is 1.22. The molecule has 0 bridgehead atoms. The van der Waals surface area contributed by atoms with Crippen LogP contribution < -0.4 is 0 Å². The second-order valence-electron chi connectivity index (χ2n) is 12.6. The van der Waals surface area contributed by atoms with Crippen molar-refractivity contribution >= 4 is 53.3 Å². The largest absolute Gasteiger partial charge is 0.309 e. The van der Waals surface area contributed by atoms with E-state index in [1.54, 1.807) is 11.3 Å². The van der Waals surface area contributed by atoms with E-state index in [1.165, 1.54) is 42.0 Å². The van der Waals surface area contributed by atoms with E-state index in [0.717, 1.165) is 50.7 Å². The maximum atomic E-state index is 5.35. The van der Waals surface area contributed by atoms with E-state index in [4.69, 9.17) is 9.97 Å². The maximum absolute atomic E-state index is 5.35. The third-order valence-corrected chi connectivity index (χ3v) is 10.8. The lowest BCUT2D eigenvalue weighted by atomic mass is 10.00. The summed E-state index contributed by atoms with van der Waals surface area (Å²) in [5.41, 5.74) is 10.7. The van der Waals surface area contributed by atoms with Crippen molar-refractivity contribution in [2.24, 2.45) is 0 Å². The van der Waals surface area contributed by atoms with Crippen LogP contribution in [0.4, 0.5) is 0 Å². The summed E-state index contributed by atoms with van der Waals surface area (Å²) in [5, 5.41) is 4.95. The molecule has 4 heteroatoms. The van der Waals surface area contributed by atoms with E-state index in [0.29, 0.717) is 0 Å². The van der Waals surface area contributed by atoms with Crippen LogP contribution in [0.15, 0.2) is 176 Å². The molecule has 0 amide bonds. The monoisotopic (exact) mass is 655 g/mol. The smallest absolute Gasteiger partial charge is 0.161 e. The van der Waals surface area contributed by atoms with Crippen LogP contribution in [0.5, 0.6) is 0 Å². The summed E-state index contributed by atoms with van der Waals surface area (Å²) >= 11 is 1.81. The van der Waals surface area contributed by atoms with Crippen molar-refractivity contribution in [3.8, 4) is 50.7 Å². The lowest BCUT2D eigenvalue weighted by Crippen LogP contribution is -1.97. The molecule has 0 aliphatic carbocycles. The van der Waals surface area contributed by atoms with E-state index in [2.05, 4.69) is 180 Å². The number of hydrogen-bond acceptors (Lipinski definition) is 3. The Labute approximate surface area is 293 Å². The third-order valence-electron chi connectivity index (χ3n) is 9.62. The zero-order chi connectivity index (χ0) is 33.0. The number of fused-ring (bicyclic) bond motifs is 6. The first-order chi connectivity index (χ1) is 24.8. The van der Waals surface area contributed by atoms with E-state index >= 15 is 0 Å². The highest BCUT2D eigenvalue weighted by Crippen LogP contribution is 2.41. The summed E-state index contributed by atoms with van der Waals surface area (Å²) in [4.78, 5) is 10.7. The summed E-state index contributed by atoms with van der Waals surface area (Å²) in [5.74, 6) is 0.725. The van der Waals surface area contributed by atoms with Crippen molar-refractivity contribution in [2.45, 2.75) is 0 Å². The molecule has 3 nitrogen and oxygen atoms in total. The summed E-state index contributed by atoms with van der Waals surface area (Å²) in [6, 6.07) is 62.5. The van der Waals surface area contributed by atoms with Crippen LogP contribution in [0.25, 0.3) is 92.7 Å². The van der Waals surface area contributed by atoms with Gasteiger partial charge in [-0.2, -0.15) is 0 Å². The first-order valence-electron chi connectivity index (χ1n) is 16.8. The summed E-state index contributed by atoms with van der Waals surface area (Å²) < 4.78 is 4.83. The van der Waals surface area contributed by atoms with Crippen molar-refractivity contribution < 1.29 is 0 Å². The van der Waals surface area contributed by atoms with Crippen LogP contribution in [0, 0.1) is 0 Å². The highest BCUT2D eigenvalue weighted by Gasteiger charge is 2.18. The Kier molecular flexibility index (Phi) is 6.68. The molecule has 0 N–H and O–H groups in total. The minimum absolute atomic E-state index is 0.725. The topological polar surface area (TPSA) is 30.7 Å². The second kappa shape index (κ2) is 11.7. The number of para-hydroxylation sites is 2. The molecular weight excluding hydrogens is 627 g/mol. The molecule has 10 rings (SSSR count). The van der Waals surface area contributed by atoms with Gasteiger partial charge in [-0.05, 0) is 59.7 Å². The molecule has 234 valence electrons. The molecule has 0 unspecified atom stereocenters. The number of thiophene rings is 1. The lowest BCUT2D eigenvalue weighted by Gasteiger charge is -2.12. The predicted octanol–water partition coefficient (Wildman–Crippen LogP) is 12.6. The highest BCUT2D eigenvalue weighted by molar-refractivity contribution is 7.26. The fraction of sp³-hybridized carbons (Fsp3) is 0. The van der Waals surface area contributed by atoms with Gasteiger partial charge in [-0.25, -0.2) is 9.97 Å². The molecule has 0 spiro atoms. The van der Waals surface area contributed by atoms with Gasteiger partial charge in [0.05, 0.1) is 22.4 Å². The zero-order valence-corrected chi connectivity index (χ0v) is 27.8. The van der Waals surface area contributed by atoms with E-state index in [9.17, 15) is 0 Å². The molecule has 3 heterocycles. The summed E-state index contributed by atoms with van der Waals surface area (Å²) in [6.45, 7) is 0. The molecule has 0 atom stereocenters. The van der Waals surface area contributed by atoms with Gasteiger partial charge in [0, 0.05) is 53.3 Å². The fourth-order valence-electron chi connectivity index (χ4n) is 7.26. The van der Waals surface area contributed by atoms with Crippen LogP contribution in [0.1, 0.15) is 0 Å². The van der Waals surface area contributed by atoms with Gasteiger partial charge < -0.3 is 4.57 Å². The Morgan fingerprint density at radius 3 is 1.86 bits per heavy atom. The van der Waals surface area contributed by atoms with Crippen LogP contribution in [-0.2, 0) is 0 Å². The Morgan fingerprint density at radius 1 is 0.400 bits per heavy atom. The molecule has 0 radical (unpaired) electrons. The van der Waals surface area contributed by atoms with Crippen LogP contribution in [0.2, 0.25) is 0 Å². The van der Waals surface area contributed by atoms with Crippen LogP contribution in [-0.4, -0.2) is 14.5 Å².